The number of hydrogen-bond donors (Lipinski definition) is 3. The van der Waals surface area contributed by atoms with E-state index in [1.165, 1.54) is 17.7 Å². The molecule has 0 amide bonds. The van der Waals surface area contributed by atoms with Crippen molar-refractivity contribution in [3.8, 4) is 11.6 Å². The van der Waals surface area contributed by atoms with Crippen molar-refractivity contribution >= 4 is 45.6 Å². The van der Waals surface area contributed by atoms with Gasteiger partial charge < -0.3 is 15.1 Å². The molecule has 7 nitrogen and oxygen atoms in total. The third kappa shape index (κ3) is 4.61. The summed E-state index contributed by atoms with van der Waals surface area (Å²) in [6.07, 6.45) is 0. The van der Waals surface area contributed by atoms with E-state index in [9.17, 15) is 9.90 Å². The number of hydrogen-bond acceptors (Lipinski definition) is 4. The number of carboxylic acid groups (broad SMARTS) is 1. The first kappa shape index (κ1) is 24.0. The average Bonchev–Trinajstić information content (AvgIpc) is 3.15. The van der Waals surface area contributed by atoms with Gasteiger partial charge in [-0.3, -0.25) is 9.99 Å². The molecule has 0 unspecified atom stereocenters. The van der Waals surface area contributed by atoms with Crippen LogP contribution in [0.1, 0.15) is 34.0 Å². The zero-order chi connectivity index (χ0) is 25.3. The normalized spacial score (nSPS) is 11.5. The van der Waals surface area contributed by atoms with Crippen molar-refractivity contribution in [3.63, 3.8) is 0 Å². The van der Waals surface area contributed by atoms with Crippen LogP contribution in [0, 0.1) is 13.8 Å². The van der Waals surface area contributed by atoms with Gasteiger partial charge >= 0.3 is 5.97 Å². The SMILES string of the molecule is C/C(=N\NC(=S)N(C)c1ccc(C(=O)O)cc1)c1c(O)n(-c2ccc(C)c(C)c2)c2ccccc12. The molecular formula is C27H26N4O3S. The van der Waals surface area contributed by atoms with Gasteiger partial charge in [0.1, 0.15) is 0 Å². The summed E-state index contributed by atoms with van der Waals surface area (Å²) in [6, 6.07) is 20.3. The van der Waals surface area contributed by atoms with Gasteiger partial charge in [0.15, 0.2) is 5.11 Å². The van der Waals surface area contributed by atoms with Gasteiger partial charge in [0.05, 0.1) is 22.4 Å². The number of benzene rings is 3. The first-order valence-electron chi connectivity index (χ1n) is 11.0. The molecule has 0 aliphatic carbocycles. The fraction of sp³-hybridized carbons (Fsp3) is 0.148. The van der Waals surface area contributed by atoms with Crippen LogP contribution in [0.5, 0.6) is 5.88 Å². The van der Waals surface area contributed by atoms with Crippen LogP contribution < -0.4 is 10.3 Å². The molecule has 0 bridgehead atoms. The van der Waals surface area contributed by atoms with E-state index in [0.717, 1.165) is 27.8 Å². The largest absolute Gasteiger partial charge is 0.494 e. The summed E-state index contributed by atoms with van der Waals surface area (Å²) in [6.45, 7) is 5.91. The Hall–Kier alpha value is -4.17. The van der Waals surface area contributed by atoms with Gasteiger partial charge in [0.2, 0.25) is 5.88 Å². The van der Waals surface area contributed by atoms with Crippen molar-refractivity contribution in [1.82, 2.24) is 9.99 Å². The number of thiocarbonyl (C=S) groups is 1. The molecule has 0 radical (unpaired) electrons. The van der Waals surface area contributed by atoms with Gasteiger partial charge in [0, 0.05) is 23.8 Å². The average molecular weight is 487 g/mol. The number of para-hydroxylation sites is 1. The first-order chi connectivity index (χ1) is 16.7. The molecule has 1 heterocycles. The van der Waals surface area contributed by atoms with Crippen LogP contribution in [0.4, 0.5) is 5.69 Å². The highest BCUT2D eigenvalue weighted by Gasteiger charge is 2.20. The molecule has 8 heteroatoms. The number of hydrazone groups is 1. The fourth-order valence-electron chi connectivity index (χ4n) is 3.92. The van der Waals surface area contributed by atoms with Gasteiger partial charge in [0.25, 0.3) is 0 Å². The molecule has 0 atom stereocenters. The lowest BCUT2D eigenvalue weighted by molar-refractivity contribution is 0.0697. The monoisotopic (exact) mass is 486 g/mol. The summed E-state index contributed by atoms with van der Waals surface area (Å²) in [7, 11) is 1.76. The van der Waals surface area contributed by atoms with E-state index in [0.29, 0.717) is 16.4 Å². The zero-order valence-electron chi connectivity index (χ0n) is 19.9. The Morgan fingerprint density at radius 2 is 1.71 bits per heavy atom. The van der Waals surface area contributed by atoms with E-state index in [1.54, 1.807) is 24.1 Å². The second kappa shape index (κ2) is 9.60. The molecule has 0 saturated heterocycles. The Morgan fingerprint density at radius 1 is 1.03 bits per heavy atom. The zero-order valence-corrected chi connectivity index (χ0v) is 20.7. The number of aryl methyl sites for hydroxylation is 2. The van der Waals surface area contributed by atoms with Crippen molar-refractivity contribution in [2.45, 2.75) is 20.8 Å². The van der Waals surface area contributed by atoms with Crippen molar-refractivity contribution in [3.05, 3.63) is 89.0 Å². The summed E-state index contributed by atoms with van der Waals surface area (Å²) in [5, 5.41) is 26.0. The molecule has 35 heavy (non-hydrogen) atoms. The Balaban J connectivity index is 1.65. The lowest BCUT2D eigenvalue weighted by Gasteiger charge is -2.19. The number of nitrogens with one attached hydrogen (secondary N) is 1. The smallest absolute Gasteiger partial charge is 0.335 e. The Morgan fingerprint density at radius 3 is 2.37 bits per heavy atom. The summed E-state index contributed by atoms with van der Waals surface area (Å²) in [5.74, 6) is -0.888. The summed E-state index contributed by atoms with van der Waals surface area (Å²) in [5.41, 5.74) is 9.04. The molecule has 0 aliphatic rings. The topological polar surface area (TPSA) is 90.1 Å². The second-order valence-electron chi connectivity index (χ2n) is 8.34. The van der Waals surface area contributed by atoms with Gasteiger partial charge in [-0.05, 0) is 86.6 Å². The minimum absolute atomic E-state index is 0.0982. The number of fused-ring (bicyclic) bond motifs is 1. The predicted molar refractivity (Wildman–Crippen MR) is 144 cm³/mol. The number of nitrogens with zero attached hydrogens (tertiary/aromatic N) is 3. The van der Waals surface area contributed by atoms with E-state index in [2.05, 4.69) is 23.5 Å². The number of rotatable bonds is 5. The maximum Gasteiger partial charge on any atom is 0.335 e. The molecule has 0 aliphatic heterocycles. The molecule has 4 aromatic rings. The second-order valence-corrected chi connectivity index (χ2v) is 8.73. The number of aromatic carboxylic acids is 1. The van der Waals surface area contributed by atoms with Crippen molar-refractivity contribution in [1.29, 1.82) is 0 Å². The summed E-state index contributed by atoms with van der Waals surface area (Å²) in [4.78, 5) is 12.8. The highest BCUT2D eigenvalue weighted by molar-refractivity contribution is 7.80. The van der Waals surface area contributed by atoms with Crippen molar-refractivity contribution < 1.29 is 15.0 Å². The molecule has 3 N–H and O–H groups in total. The molecule has 0 saturated carbocycles. The third-order valence-corrected chi connectivity index (χ3v) is 6.45. The number of carboxylic acids is 1. The standard InChI is InChI=1S/C27H26N4O3S/c1-16-9-12-21(15-17(16)2)31-23-8-6-5-7-22(23)24(25(31)32)18(3)28-29-27(35)30(4)20-13-10-19(11-14-20)26(33)34/h5-15,32H,1-4H3,(H,29,35)(H,33,34)/b28-18+. The minimum atomic E-state index is -0.986. The quantitative estimate of drug-likeness (QED) is 0.199. The van der Waals surface area contributed by atoms with Gasteiger partial charge in [-0.25, -0.2) is 4.79 Å². The highest BCUT2D eigenvalue weighted by atomic mass is 32.1. The molecule has 0 fully saturated rings. The van der Waals surface area contributed by atoms with Crippen LogP contribution in [0.25, 0.3) is 16.6 Å². The van der Waals surface area contributed by atoms with E-state index in [1.807, 2.05) is 54.8 Å². The number of aromatic hydroxyl groups is 1. The molecule has 1 aromatic heterocycles. The number of aromatic nitrogens is 1. The Bertz CT molecular complexity index is 1470. The van der Waals surface area contributed by atoms with Gasteiger partial charge in [-0.1, -0.05) is 24.3 Å². The Labute approximate surface area is 208 Å². The Kier molecular flexibility index (Phi) is 6.57. The van der Waals surface area contributed by atoms with Gasteiger partial charge in [-0.2, -0.15) is 5.10 Å². The van der Waals surface area contributed by atoms with Crippen LogP contribution in [-0.2, 0) is 0 Å². The van der Waals surface area contributed by atoms with E-state index < -0.39 is 5.97 Å². The van der Waals surface area contributed by atoms with E-state index in [-0.39, 0.29) is 11.4 Å². The predicted octanol–water partition coefficient (Wildman–Crippen LogP) is 5.39. The van der Waals surface area contributed by atoms with Crippen molar-refractivity contribution in [2.75, 3.05) is 11.9 Å². The lowest BCUT2D eigenvalue weighted by atomic mass is 10.1. The fourth-order valence-corrected chi connectivity index (χ4v) is 4.07. The first-order valence-corrected chi connectivity index (χ1v) is 11.4. The molecule has 0 spiro atoms. The maximum atomic E-state index is 11.3. The molecule has 3 aromatic carbocycles. The van der Waals surface area contributed by atoms with E-state index >= 15 is 0 Å². The van der Waals surface area contributed by atoms with Gasteiger partial charge in [-0.15, -0.1) is 0 Å². The van der Waals surface area contributed by atoms with Crippen LogP contribution in [-0.4, -0.2) is 38.6 Å². The molecular weight excluding hydrogens is 460 g/mol. The summed E-state index contributed by atoms with van der Waals surface area (Å²) < 4.78 is 1.82. The van der Waals surface area contributed by atoms with Crippen LogP contribution in [0.15, 0.2) is 71.8 Å². The van der Waals surface area contributed by atoms with Crippen LogP contribution >= 0.6 is 12.2 Å². The molecule has 4 rings (SSSR count). The van der Waals surface area contributed by atoms with Crippen molar-refractivity contribution in [2.24, 2.45) is 5.10 Å². The third-order valence-electron chi connectivity index (χ3n) is 6.09. The van der Waals surface area contributed by atoms with Crippen LogP contribution in [0.3, 0.4) is 0 Å². The number of carbonyl (C=O) groups is 1. The summed E-state index contributed by atoms with van der Waals surface area (Å²) >= 11 is 5.47. The molecule has 178 valence electrons. The number of anilines is 1. The minimum Gasteiger partial charge on any atom is -0.494 e. The maximum absolute atomic E-state index is 11.3. The lowest BCUT2D eigenvalue weighted by Crippen LogP contribution is -2.34. The van der Waals surface area contributed by atoms with E-state index in [4.69, 9.17) is 17.3 Å². The highest BCUT2D eigenvalue weighted by Crippen LogP contribution is 2.35. The van der Waals surface area contributed by atoms with Crippen LogP contribution in [0.2, 0.25) is 0 Å².